The van der Waals surface area contributed by atoms with Crippen LogP contribution in [0.5, 0.6) is 11.5 Å². The van der Waals surface area contributed by atoms with Crippen LogP contribution in [0.2, 0.25) is 0 Å². The van der Waals surface area contributed by atoms with Gasteiger partial charge in [-0.15, -0.1) is 0 Å². The summed E-state index contributed by atoms with van der Waals surface area (Å²) in [5.74, 6) is 5.89. The van der Waals surface area contributed by atoms with E-state index in [-0.39, 0.29) is 36.4 Å². The molecular weight excluding hydrogens is 799 g/mol. The second kappa shape index (κ2) is 13.3. The van der Waals surface area contributed by atoms with Gasteiger partial charge in [0.2, 0.25) is 0 Å². The first kappa shape index (κ1) is 36.3. The van der Waals surface area contributed by atoms with Crippen LogP contribution in [0.25, 0.3) is 0 Å². The Balaban J connectivity index is 0.901. The molecule has 278 valence electrons. The van der Waals surface area contributed by atoms with E-state index in [0.717, 1.165) is 53.1 Å². The van der Waals surface area contributed by atoms with Crippen molar-refractivity contribution in [1.29, 1.82) is 0 Å². The minimum atomic E-state index is -3.84. The Morgan fingerprint density at radius 1 is 0.569 bits per heavy atom. The second-order valence-electron chi connectivity index (χ2n) is 17.7. The molecule has 0 saturated heterocycles. The number of hydrogen-bond acceptors (Lipinski definition) is 6. The Morgan fingerprint density at radius 2 is 0.843 bits per heavy atom. The molecule has 0 aromatic heterocycles. The maximum atomic E-state index is 13.2. The average molecular weight is 853 g/mol. The molecular formula is C42H54Cl2O6Te. The molecule has 2 aromatic carbocycles. The number of carbonyl (C=O) groups excluding carboxylic acids is 2. The summed E-state index contributed by atoms with van der Waals surface area (Å²) in [7, 11) is 14.7. The molecule has 0 heterocycles. The first-order chi connectivity index (χ1) is 24.1. The summed E-state index contributed by atoms with van der Waals surface area (Å²) < 4.78 is 26.5. The average Bonchev–Trinajstić information content (AvgIpc) is 3.04. The predicted molar refractivity (Wildman–Crippen MR) is 203 cm³/mol. The van der Waals surface area contributed by atoms with Gasteiger partial charge < -0.3 is 0 Å². The Hall–Kier alpha value is -1.65. The van der Waals surface area contributed by atoms with Gasteiger partial charge in [0.05, 0.1) is 0 Å². The molecule has 0 spiro atoms. The van der Waals surface area contributed by atoms with E-state index in [1.165, 1.54) is 64.2 Å². The number of aryl methyl sites for hydroxylation is 4. The molecule has 0 radical (unpaired) electrons. The van der Waals surface area contributed by atoms with Crippen molar-refractivity contribution in [3.05, 3.63) is 46.5 Å². The topological polar surface area (TPSA) is 71.1 Å². The van der Waals surface area contributed by atoms with E-state index < -0.39 is 15.9 Å². The minimum absolute atomic E-state index is 0.119. The zero-order valence-electron chi connectivity index (χ0n) is 31.0. The Labute approximate surface area is 315 Å². The van der Waals surface area contributed by atoms with Crippen LogP contribution in [0.3, 0.4) is 0 Å². The van der Waals surface area contributed by atoms with Gasteiger partial charge in [-0.25, -0.2) is 0 Å². The van der Waals surface area contributed by atoms with Crippen molar-refractivity contribution < 1.29 is 28.5 Å². The number of rotatable bonds is 10. The van der Waals surface area contributed by atoms with E-state index in [9.17, 15) is 9.59 Å². The van der Waals surface area contributed by atoms with E-state index in [0.29, 0.717) is 35.2 Å². The molecule has 0 aliphatic heterocycles. The van der Waals surface area contributed by atoms with Gasteiger partial charge >= 0.3 is 304 Å². The van der Waals surface area contributed by atoms with Gasteiger partial charge in [-0.2, -0.15) is 0 Å². The zero-order chi connectivity index (χ0) is 36.0. The van der Waals surface area contributed by atoms with Crippen LogP contribution in [0.1, 0.15) is 100 Å². The fraction of sp³-hybridized carbons (Fsp3) is 0.667. The standard InChI is InChI=1S/C42H54Cl2O6Te/c1-23-7-35(8-24(2)39(23)47-21-37(45)49-41(5)31-13-27-11-28(15-31)16-32(41)14-27)51(43,44)36-9-25(3)40(26(4)10-36)48-22-38(46)50-42(6)33-17-29-12-30(19-33)20-34(42)18-29/h7-10,27-34H,11-22H2,1-6H3. The second-order valence-corrected chi connectivity index (χ2v) is 30.4. The van der Waals surface area contributed by atoms with E-state index in [2.05, 4.69) is 13.8 Å². The monoisotopic (exact) mass is 854 g/mol. The van der Waals surface area contributed by atoms with Crippen molar-refractivity contribution >= 4 is 53.0 Å². The van der Waals surface area contributed by atoms with Crippen molar-refractivity contribution in [2.75, 3.05) is 13.2 Å². The summed E-state index contributed by atoms with van der Waals surface area (Å²) in [6.07, 6.45) is 12.2. The van der Waals surface area contributed by atoms with Gasteiger partial charge in [0.25, 0.3) is 0 Å². The van der Waals surface area contributed by atoms with E-state index in [1.807, 2.05) is 52.0 Å². The van der Waals surface area contributed by atoms with Gasteiger partial charge in [0.1, 0.15) is 0 Å². The van der Waals surface area contributed by atoms with Crippen molar-refractivity contribution in [2.45, 2.75) is 117 Å². The van der Waals surface area contributed by atoms with Gasteiger partial charge in [-0.1, -0.05) is 0 Å². The Kier molecular flexibility index (Phi) is 9.46. The van der Waals surface area contributed by atoms with Crippen molar-refractivity contribution in [3.8, 4) is 11.5 Å². The molecule has 0 N–H and O–H groups in total. The van der Waals surface area contributed by atoms with Gasteiger partial charge in [0.15, 0.2) is 0 Å². The van der Waals surface area contributed by atoms with Crippen LogP contribution in [0.4, 0.5) is 0 Å². The maximum absolute atomic E-state index is 13.2. The van der Waals surface area contributed by atoms with E-state index in [1.54, 1.807) is 0 Å². The molecule has 8 aliphatic carbocycles. The number of benzene rings is 2. The van der Waals surface area contributed by atoms with E-state index >= 15 is 0 Å². The Bertz CT molecular complexity index is 1510. The first-order valence-electron chi connectivity index (χ1n) is 19.3. The van der Waals surface area contributed by atoms with E-state index in [4.69, 9.17) is 36.9 Å². The number of hydrogen-bond donors (Lipinski definition) is 0. The Morgan fingerprint density at radius 3 is 1.12 bits per heavy atom. The van der Waals surface area contributed by atoms with Gasteiger partial charge in [0, 0.05) is 0 Å². The number of carbonyl (C=O) groups is 2. The summed E-state index contributed by atoms with van der Waals surface area (Å²) in [5, 5.41) is 0. The fourth-order valence-corrected chi connectivity index (χ4v) is 19.0. The molecule has 2 aromatic rings. The quantitative estimate of drug-likeness (QED) is 0.177. The number of ether oxygens (including phenoxy) is 4. The van der Waals surface area contributed by atoms with Gasteiger partial charge in [-0.05, 0) is 12.8 Å². The summed E-state index contributed by atoms with van der Waals surface area (Å²) in [6.45, 7) is 12.0. The summed E-state index contributed by atoms with van der Waals surface area (Å²) >= 11 is -3.84. The molecule has 0 atom stereocenters. The summed E-state index contributed by atoms with van der Waals surface area (Å²) in [5.41, 5.74) is 2.79. The molecule has 6 nitrogen and oxygen atoms in total. The molecule has 0 unspecified atom stereocenters. The molecule has 9 heteroatoms. The summed E-state index contributed by atoms with van der Waals surface area (Å²) in [4.78, 5) is 26.3. The normalized spacial score (nSPS) is 36.2. The molecule has 10 rings (SSSR count). The third-order valence-electron chi connectivity index (χ3n) is 14.3. The van der Waals surface area contributed by atoms with Crippen LogP contribution >= 0.6 is 17.9 Å². The third-order valence-corrected chi connectivity index (χ3v) is 23.8. The van der Waals surface area contributed by atoms with Crippen molar-refractivity contribution in [2.24, 2.45) is 47.3 Å². The van der Waals surface area contributed by atoms with Gasteiger partial charge in [-0.3, -0.25) is 0 Å². The van der Waals surface area contributed by atoms with Crippen LogP contribution in [0, 0.1) is 75.0 Å². The fourth-order valence-electron chi connectivity index (χ4n) is 12.1. The number of esters is 2. The third kappa shape index (κ3) is 6.51. The molecule has 51 heavy (non-hydrogen) atoms. The molecule has 8 bridgehead atoms. The zero-order valence-corrected chi connectivity index (χ0v) is 34.9. The van der Waals surface area contributed by atoms with Crippen LogP contribution in [-0.4, -0.2) is 52.3 Å². The first-order valence-corrected chi connectivity index (χ1v) is 27.5. The van der Waals surface area contributed by atoms with Crippen molar-refractivity contribution in [1.82, 2.24) is 0 Å². The van der Waals surface area contributed by atoms with Crippen LogP contribution in [-0.2, 0) is 19.1 Å². The SMILES string of the molecule is Cc1cc([Te](Cl)(Cl)c2cc(C)c(OCC(=O)OC3(C)C4CC5CC(C4)CC3C5)c(C)c2)cc(C)c1OCC(=O)OC1(C)C2CC3CC(C2)CC1C3. The van der Waals surface area contributed by atoms with Crippen LogP contribution in [0.15, 0.2) is 24.3 Å². The van der Waals surface area contributed by atoms with Crippen LogP contribution < -0.4 is 16.7 Å². The number of halogens is 2. The molecule has 8 fully saturated rings. The summed E-state index contributed by atoms with van der Waals surface area (Å²) in [6, 6.07) is 8.01. The molecule has 0 amide bonds. The molecule has 8 aliphatic rings. The van der Waals surface area contributed by atoms with Crippen molar-refractivity contribution in [3.63, 3.8) is 0 Å². The molecule has 8 saturated carbocycles. The predicted octanol–water partition coefficient (Wildman–Crippen LogP) is 8.23.